The van der Waals surface area contributed by atoms with Crippen LogP contribution in [0, 0.1) is 0 Å². The first kappa shape index (κ1) is 72.4. The minimum absolute atomic E-state index is 0.0758. The van der Waals surface area contributed by atoms with E-state index in [-0.39, 0.29) is 31.1 Å². The first-order valence-corrected chi connectivity index (χ1v) is 33.1. The van der Waals surface area contributed by atoms with E-state index >= 15 is 0 Å². The molecule has 438 valence electrons. The van der Waals surface area contributed by atoms with E-state index in [0.717, 1.165) is 96.3 Å². The van der Waals surface area contributed by atoms with Crippen molar-refractivity contribution in [1.82, 2.24) is 0 Å². The summed E-state index contributed by atoms with van der Waals surface area (Å²) in [4.78, 5) is 38.4. The number of rotatable bonds is 61. The lowest BCUT2D eigenvalue weighted by Gasteiger charge is -2.18. The average molecular weight is 1050 g/mol. The zero-order valence-electron chi connectivity index (χ0n) is 50.3. The summed E-state index contributed by atoms with van der Waals surface area (Å²) in [6.45, 7) is 6.58. The summed E-state index contributed by atoms with van der Waals surface area (Å²) in [6, 6.07) is 0. The smallest absolute Gasteiger partial charge is 0.306 e. The molecule has 0 fully saturated rings. The van der Waals surface area contributed by atoms with Gasteiger partial charge >= 0.3 is 17.9 Å². The lowest BCUT2D eigenvalue weighted by molar-refractivity contribution is -0.167. The van der Waals surface area contributed by atoms with Gasteiger partial charge in [-0.3, -0.25) is 14.4 Å². The Bertz CT molecular complexity index is 1300. The van der Waals surface area contributed by atoms with E-state index in [1.165, 1.54) is 218 Å². The number of hydrogen-bond donors (Lipinski definition) is 0. The van der Waals surface area contributed by atoms with Crippen molar-refractivity contribution >= 4 is 17.9 Å². The molecule has 0 bridgehead atoms. The average Bonchev–Trinajstić information content (AvgIpc) is 3.41. The molecule has 0 saturated heterocycles. The summed E-state index contributed by atoms with van der Waals surface area (Å²) in [5, 5.41) is 0. The van der Waals surface area contributed by atoms with Crippen LogP contribution in [0.15, 0.2) is 48.6 Å². The summed E-state index contributed by atoms with van der Waals surface area (Å²) < 4.78 is 17.0. The fraction of sp³-hybridized carbons (Fsp3) is 0.841. The standard InChI is InChI=1S/C69H126O6/c1-4-7-10-13-16-19-22-25-28-31-33-34-36-39-42-45-48-51-54-57-60-63-69(72)75-66(64-73-67(70)61-58-55-52-49-46-43-40-37-30-27-24-21-18-15-12-9-6-3)65-74-68(71)62-59-56-53-50-47-44-41-38-35-32-29-26-23-20-17-14-11-8-5-2/h9,12,18,21,27,30,40,43,66H,4-8,10-11,13-17,19-20,22-26,28-29,31-39,41-42,44-65H2,1-3H3/b12-9-,21-18-,30-27-,43-40-/t66-/m1/s1. The highest BCUT2D eigenvalue weighted by atomic mass is 16.6. The molecule has 0 aromatic carbocycles. The predicted molar refractivity (Wildman–Crippen MR) is 325 cm³/mol. The predicted octanol–water partition coefficient (Wildman–Crippen LogP) is 22.6. The molecular weight excluding hydrogens is 925 g/mol. The van der Waals surface area contributed by atoms with Crippen molar-refractivity contribution in [1.29, 1.82) is 0 Å². The van der Waals surface area contributed by atoms with Gasteiger partial charge in [0.15, 0.2) is 6.10 Å². The van der Waals surface area contributed by atoms with Crippen molar-refractivity contribution in [2.24, 2.45) is 0 Å². The molecule has 0 aromatic rings. The Morgan fingerprint density at radius 3 is 0.813 bits per heavy atom. The third-order valence-electron chi connectivity index (χ3n) is 14.8. The molecule has 0 N–H and O–H groups in total. The number of carbonyl (C=O) groups excluding carboxylic acids is 3. The van der Waals surface area contributed by atoms with Gasteiger partial charge in [0.2, 0.25) is 0 Å². The molecular formula is C69H126O6. The second-order valence-corrected chi connectivity index (χ2v) is 22.4. The van der Waals surface area contributed by atoms with Gasteiger partial charge in [-0.15, -0.1) is 0 Å². The molecule has 0 heterocycles. The second kappa shape index (κ2) is 63.9. The molecule has 0 spiro atoms. The van der Waals surface area contributed by atoms with Crippen LogP contribution in [0.5, 0.6) is 0 Å². The molecule has 75 heavy (non-hydrogen) atoms. The lowest BCUT2D eigenvalue weighted by atomic mass is 10.0. The number of carbonyl (C=O) groups is 3. The third kappa shape index (κ3) is 62.1. The van der Waals surface area contributed by atoms with Crippen LogP contribution < -0.4 is 0 Å². The van der Waals surface area contributed by atoms with Crippen LogP contribution in [0.25, 0.3) is 0 Å². The van der Waals surface area contributed by atoms with Crippen molar-refractivity contribution < 1.29 is 28.6 Å². The molecule has 1 atom stereocenters. The van der Waals surface area contributed by atoms with E-state index in [9.17, 15) is 14.4 Å². The van der Waals surface area contributed by atoms with Crippen molar-refractivity contribution in [3.63, 3.8) is 0 Å². The molecule has 0 rings (SSSR count). The van der Waals surface area contributed by atoms with E-state index in [0.29, 0.717) is 19.3 Å². The molecule has 0 saturated carbocycles. The maximum absolute atomic E-state index is 12.9. The quantitative estimate of drug-likeness (QED) is 0.0261. The molecule has 0 aromatic heterocycles. The molecule has 6 heteroatoms. The fourth-order valence-corrected chi connectivity index (χ4v) is 9.91. The zero-order valence-corrected chi connectivity index (χ0v) is 50.3. The minimum atomic E-state index is -0.781. The highest BCUT2D eigenvalue weighted by molar-refractivity contribution is 5.71. The maximum atomic E-state index is 12.9. The third-order valence-corrected chi connectivity index (χ3v) is 14.8. The molecule has 0 unspecified atom stereocenters. The molecule has 6 nitrogen and oxygen atoms in total. The van der Waals surface area contributed by atoms with Gasteiger partial charge in [-0.1, -0.05) is 326 Å². The van der Waals surface area contributed by atoms with E-state index in [2.05, 4.69) is 69.4 Å². The highest BCUT2D eigenvalue weighted by Crippen LogP contribution is 2.18. The van der Waals surface area contributed by atoms with Crippen molar-refractivity contribution in [3.05, 3.63) is 48.6 Å². The van der Waals surface area contributed by atoms with Crippen molar-refractivity contribution in [3.8, 4) is 0 Å². The van der Waals surface area contributed by atoms with Gasteiger partial charge in [0.25, 0.3) is 0 Å². The number of unbranched alkanes of at least 4 members (excludes halogenated alkanes) is 42. The molecule has 0 aliphatic rings. The number of ether oxygens (including phenoxy) is 3. The van der Waals surface area contributed by atoms with Gasteiger partial charge < -0.3 is 14.2 Å². The normalized spacial score (nSPS) is 12.3. The highest BCUT2D eigenvalue weighted by Gasteiger charge is 2.19. The van der Waals surface area contributed by atoms with Crippen LogP contribution in [0.4, 0.5) is 0 Å². The summed E-state index contributed by atoms with van der Waals surface area (Å²) in [5.74, 6) is -0.874. The van der Waals surface area contributed by atoms with Crippen LogP contribution in [-0.4, -0.2) is 37.2 Å². The number of esters is 3. The lowest BCUT2D eigenvalue weighted by Crippen LogP contribution is -2.30. The van der Waals surface area contributed by atoms with Crippen LogP contribution >= 0.6 is 0 Å². The number of allylic oxidation sites excluding steroid dienone is 8. The SMILES string of the molecule is CC/C=C\C/C=C\C/C=C\C/C=C\CCCCCCC(=O)OC[C@H](COC(=O)CCCCCCCCCCCCCCCCCCCCC)OC(=O)CCCCCCCCCCCCCCCCCCCCCCC. The van der Waals surface area contributed by atoms with Gasteiger partial charge in [-0.05, 0) is 57.8 Å². The zero-order chi connectivity index (χ0) is 54.3. The van der Waals surface area contributed by atoms with Crippen molar-refractivity contribution in [2.75, 3.05) is 13.2 Å². The van der Waals surface area contributed by atoms with Crippen molar-refractivity contribution in [2.45, 2.75) is 361 Å². The van der Waals surface area contributed by atoms with E-state index < -0.39 is 6.10 Å². The summed E-state index contributed by atoms with van der Waals surface area (Å²) >= 11 is 0. The Morgan fingerprint density at radius 2 is 0.520 bits per heavy atom. The molecule has 0 aliphatic heterocycles. The largest absolute Gasteiger partial charge is 0.462 e. The van der Waals surface area contributed by atoms with Gasteiger partial charge in [-0.25, -0.2) is 0 Å². The summed E-state index contributed by atoms with van der Waals surface area (Å²) in [6.07, 6.45) is 79.8. The van der Waals surface area contributed by atoms with E-state index in [1.54, 1.807) is 0 Å². The van der Waals surface area contributed by atoms with Crippen LogP contribution in [0.1, 0.15) is 355 Å². The molecule has 0 radical (unpaired) electrons. The Morgan fingerprint density at radius 1 is 0.280 bits per heavy atom. The van der Waals surface area contributed by atoms with Gasteiger partial charge in [0.05, 0.1) is 0 Å². The topological polar surface area (TPSA) is 78.9 Å². The van der Waals surface area contributed by atoms with E-state index in [1.807, 2.05) is 0 Å². The Hall–Kier alpha value is -2.63. The van der Waals surface area contributed by atoms with E-state index in [4.69, 9.17) is 14.2 Å². The number of hydrogen-bond acceptors (Lipinski definition) is 6. The van der Waals surface area contributed by atoms with Crippen LogP contribution in [0.2, 0.25) is 0 Å². The van der Waals surface area contributed by atoms with Crippen LogP contribution in [-0.2, 0) is 28.6 Å². The summed E-state index contributed by atoms with van der Waals surface area (Å²) in [7, 11) is 0. The fourth-order valence-electron chi connectivity index (χ4n) is 9.91. The molecule has 0 amide bonds. The van der Waals surface area contributed by atoms with Gasteiger partial charge in [0.1, 0.15) is 13.2 Å². The Kier molecular flexibility index (Phi) is 61.7. The Labute approximate surface area is 467 Å². The Balaban J connectivity index is 4.34. The van der Waals surface area contributed by atoms with Gasteiger partial charge in [0, 0.05) is 19.3 Å². The molecule has 0 aliphatic carbocycles. The monoisotopic (exact) mass is 1050 g/mol. The summed E-state index contributed by atoms with van der Waals surface area (Å²) in [5.41, 5.74) is 0. The van der Waals surface area contributed by atoms with Gasteiger partial charge in [-0.2, -0.15) is 0 Å². The first-order valence-electron chi connectivity index (χ1n) is 33.1. The van der Waals surface area contributed by atoms with Crippen LogP contribution in [0.3, 0.4) is 0 Å². The first-order chi connectivity index (χ1) is 37.0. The minimum Gasteiger partial charge on any atom is -0.462 e. The second-order valence-electron chi connectivity index (χ2n) is 22.4. The maximum Gasteiger partial charge on any atom is 0.306 e.